The van der Waals surface area contributed by atoms with Gasteiger partial charge in [0.15, 0.2) is 0 Å². The van der Waals surface area contributed by atoms with E-state index in [1.165, 1.54) is 15.6 Å². The van der Waals surface area contributed by atoms with E-state index in [-0.39, 0.29) is 12.0 Å². The molecule has 6 heteroatoms. The minimum atomic E-state index is -3.40. The molecule has 108 valence electrons. The van der Waals surface area contributed by atoms with Crippen molar-refractivity contribution in [3.63, 3.8) is 0 Å². The highest BCUT2D eigenvalue weighted by atomic mass is 32.2. The van der Waals surface area contributed by atoms with E-state index in [1.807, 2.05) is 20.8 Å². The predicted octanol–water partition coefficient (Wildman–Crippen LogP) is 2.15. The number of aryl methyl sites for hydroxylation is 2. The summed E-state index contributed by atoms with van der Waals surface area (Å²) in [6.07, 6.45) is 1.68. The maximum atomic E-state index is 12.6. The Balaban J connectivity index is 2.29. The molecule has 2 rings (SSSR count). The number of hydrogen-bond acceptors (Lipinski definition) is 4. The number of aliphatic hydroxyl groups excluding tert-OH is 1. The summed E-state index contributed by atoms with van der Waals surface area (Å²) in [5.74, 6) is 0. The van der Waals surface area contributed by atoms with E-state index in [9.17, 15) is 13.5 Å². The first kappa shape index (κ1) is 15.0. The predicted molar refractivity (Wildman–Crippen MR) is 77.0 cm³/mol. The molecule has 1 aliphatic rings. The lowest BCUT2D eigenvalue weighted by molar-refractivity contribution is 0.0811. The van der Waals surface area contributed by atoms with Crippen LogP contribution in [0.5, 0.6) is 0 Å². The van der Waals surface area contributed by atoms with Crippen LogP contribution in [0.25, 0.3) is 0 Å². The van der Waals surface area contributed by atoms with Crippen molar-refractivity contribution >= 4 is 21.4 Å². The van der Waals surface area contributed by atoms with Gasteiger partial charge in [0, 0.05) is 30.0 Å². The molecule has 0 radical (unpaired) electrons. The Morgan fingerprint density at radius 2 is 2.16 bits per heavy atom. The molecule has 4 nitrogen and oxygen atoms in total. The molecule has 1 unspecified atom stereocenters. The van der Waals surface area contributed by atoms with Crippen LogP contribution in [0.1, 0.15) is 30.2 Å². The highest BCUT2D eigenvalue weighted by Gasteiger charge is 2.37. The average molecular weight is 303 g/mol. The minimum absolute atomic E-state index is 0.0293. The topological polar surface area (TPSA) is 57.6 Å². The number of aliphatic hydroxyl groups is 1. The van der Waals surface area contributed by atoms with Crippen molar-refractivity contribution in [2.45, 2.75) is 37.8 Å². The summed E-state index contributed by atoms with van der Waals surface area (Å²) in [7, 11) is -3.40. The van der Waals surface area contributed by atoms with Gasteiger partial charge >= 0.3 is 0 Å². The lowest BCUT2D eigenvalue weighted by Gasteiger charge is -2.38. The zero-order chi connectivity index (χ0) is 14.3. The molecule has 2 heterocycles. The van der Waals surface area contributed by atoms with Crippen LogP contribution in [0, 0.1) is 19.3 Å². The van der Waals surface area contributed by atoms with Gasteiger partial charge in [-0.3, -0.25) is 0 Å². The fourth-order valence-electron chi connectivity index (χ4n) is 2.39. The second-order valence-electron chi connectivity index (χ2n) is 5.72. The van der Waals surface area contributed by atoms with E-state index in [2.05, 4.69) is 0 Å². The second-order valence-corrected chi connectivity index (χ2v) is 9.14. The first-order valence-corrected chi connectivity index (χ1v) is 8.72. The molecule has 0 bridgehead atoms. The van der Waals surface area contributed by atoms with Crippen LogP contribution < -0.4 is 0 Å². The normalized spacial score (nSPS) is 25.7. The minimum Gasteiger partial charge on any atom is -0.396 e. The molecule has 0 aliphatic carbocycles. The van der Waals surface area contributed by atoms with E-state index in [1.54, 1.807) is 6.07 Å². The number of piperidine rings is 1. The van der Waals surface area contributed by atoms with E-state index < -0.39 is 10.0 Å². The molecule has 1 atom stereocenters. The Morgan fingerprint density at radius 1 is 1.47 bits per heavy atom. The Morgan fingerprint density at radius 3 is 2.68 bits per heavy atom. The molecule has 1 N–H and O–H groups in total. The maximum absolute atomic E-state index is 12.6. The van der Waals surface area contributed by atoms with Crippen molar-refractivity contribution in [3.8, 4) is 0 Å². The lowest BCUT2D eigenvalue weighted by atomic mass is 9.84. The third kappa shape index (κ3) is 2.86. The molecule has 1 aliphatic heterocycles. The summed E-state index contributed by atoms with van der Waals surface area (Å²) in [5, 5.41) is 9.43. The molecule has 1 saturated heterocycles. The van der Waals surface area contributed by atoms with Crippen LogP contribution in [0.15, 0.2) is 10.3 Å². The van der Waals surface area contributed by atoms with Gasteiger partial charge < -0.3 is 5.11 Å². The summed E-state index contributed by atoms with van der Waals surface area (Å²) in [4.78, 5) is 1.04. The molecule has 1 fully saturated rings. The van der Waals surface area contributed by atoms with Gasteiger partial charge in [0.1, 0.15) is 4.21 Å². The van der Waals surface area contributed by atoms with Crippen molar-refractivity contribution in [2.75, 3.05) is 19.7 Å². The fraction of sp³-hybridized carbons (Fsp3) is 0.692. The standard InChI is InChI=1S/C13H21NO3S2/c1-10-7-12(18-11(10)2)19(16,17)14-6-4-5-13(3,8-14)9-15/h7,15H,4-6,8-9H2,1-3H3. The van der Waals surface area contributed by atoms with E-state index in [4.69, 9.17) is 0 Å². The highest BCUT2D eigenvalue weighted by molar-refractivity contribution is 7.91. The van der Waals surface area contributed by atoms with E-state index in [0.717, 1.165) is 23.3 Å². The van der Waals surface area contributed by atoms with Gasteiger partial charge in [0.25, 0.3) is 10.0 Å². The SMILES string of the molecule is Cc1cc(S(=O)(=O)N2CCCC(C)(CO)C2)sc1C. The van der Waals surface area contributed by atoms with Crippen molar-refractivity contribution in [3.05, 3.63) is 16.5 Å². The third-order valence-corrected chi connectivity index (χ3v) is 7.31. The van der Waals surface area contributed by atoms with Crippen LogP contribution in [0.2, 0.25) is 0 Å². The Labute approximate surface area is 119 Å². The third-order valence-electron chi connectivity index (χ3n) is 3.87. The zero-order valence-corrected chi connectivity index (χ0v) is 13.3. The summed E-state index contributed by atoms with van der Waals surface area (Å²) in [6, 6.07) is 1.75. The van der Waals surface area contributed by atoms with E-state index in [0.29, 0.717) is 17.3 Å². The van der Waals surface area contributed by atoms with Gasteiger partial charge in [0.2, 0.25) is 0 Å². The first-order valence-electron chi connectivity index (χ1n) is 6.46. The molecule has 0 aromatic carbocycles. The molecule has 1 aromatic heterocycles. The lowest BCUT2D eigenvalue weighted by Crippen LogP contribution is -2.46. The van der Waals surface area contributed by atoms with Crippen LogP contribution >= 0.6 is 11.3 Å². The molecular weight excluding hydrogens is 282 g/mol. The molecule has 0 spiro atoms. The zero-order valence-electron chi connectivity index (χ0n) is 11.6. The van der Waals surface area contributed by atoms with Gasteiger partial charge in [-0.15, -0.1) is 11.3 Å². The fourth-order valence-corrected chi connectivity index (χ4v) is 5.70. The van der Waals surface area contributed by atoms with Crippen LogP contribution in [0.4, 0.5) is 0 Å². The Kier molecular flexibility index (Phi) is 4.07. The maximum Gasteiger partial charge on any atom is 0.252 e. The van der Waals surface area contributed by atoms with Crippen molar-refractivity contribution in [1.82, 2.24) is 4.31 Å². The van der Waals surface area contributed by atoms with Crippen molar-refractivity contribution in [1.29, 1.82) is 0 Å². The Bertz CT molecular complexity index is 545. The van der Waals surface area contributed by atoms with Gasteiger partial charge in [0.05, 0.1) is 0 Å². The molecule has 0 amide bonds. The van der Waals surface area contributed by atoms with Crippen molar-refractivity contribution < 1.29 is 13.5 Å². The van der Waals surface area contributed by atoms with Crippen molar-refractivity contribution in [2.24, 2.45) is 5.41 Å². The van der Waals surface area contributed by atoms with Crippen LogP contribution in [-0.4, -0.2) is 37.5 Å². The molecule has 0 saturated carbocycles. The first-order chi connectivity index (χ1) is 8.78. The van der Waals surface area contributed by atoms with E-state index >= 15 is 0 Å². The highest BCUT2D eigenvalue weighted by Crippen LogP contribution is 2.34. The largest absolute Gasteiger partial charge is 0.396 e. The Hall–Kier alpha value is -0.430. The molecule has 19 heavy (non-hydrogen) atoms. The summed E-state index contributed by atoms with van der Waals surface area (Å²) in [6.45, 7) is 6.79. The average Bonchev–Trinajstić information content (AvgIpc) is 2.70. The molecular formula is C13H21NO3S2. The number of thiophene rings is 1. The number of rotatable bonds is 3. The quantitative estimate of drug-likeness (QED) is 0.931. The van der Waals surface area contributed by atoms with Crippen LogP contribution in [-0.2, 0) is 10.0 Å². The number of nitrogens with zero attached hydrogens (tertiary/aromatic N) is 1. The molecule has 1 aromatic rings. The summed E-state index contributed by atoms with van der Waals surface area (Å²) < 4.78 is 27.2. The number of hydrogen-bond donors (Lipinski definition) is 1. The summed E-state index contributed by atoms with van der Waals surface area (Å²) >= 11 is 1.33. The van der Waals surface area contributed by atoms with Gasteiger partial charge in [-0.25, -0.2) is 8.42 Å². The second kappa shape index (κ2) is 5.16. The van der Waals surface area contributed by atoms with Gasteiger partial charge in [-0.2, -0.15) is 4.31 Å². The smallest absolute Gasteiger partial charge is 0.252 e. The number of sulfonamides is 1. The monoisotopic (exact) mass is 303 g/mol. The summed E-state index contributed by atoms with van der Waals surface area (Å²) in [5.41, 5.74) is 0.706. The van der Waals surface area contributed by atoms with Gasteiger partial charge in [-0.1, -0.05) is 6.92 Å². The van der Waals surface area contributed by atoms with Gasteiger partial charge in [-0.05, 0) is 38.3 Å². The van der Waals surface area contributed by atoms with Crippen LogP contribution in [0.3, 0.4) is 0 Å².